The first-order valence-electron chi connectivity index (χ1n) is 6.54. The molecule has 104 valence electrons. The lowest BCUT2D eigenvalue weighted by molar-refractivity contribution is 0.0706. The quantitative estimate of drug-likeness (QED) is 0.847. The van der Waals surface area contributed by atoms with Crippen molar-refractivity contribution >= 4 is 11.6 Å². The molecule has 1 heterocycles. The molecule has 0 saturated heterocycles. The Hall–Kier alpha value is -1.91. The maximum atomic E-state index is 12.5. The molecule has 1 amide bonds. The van der Waals surface area contributed by atoms with Gasteiger partial charge in [0.2, 0.25) is 6.79 Å². The van der Waals surface area contributed by atoms with Gasteiger partial charge in [-0.15, -0.1) is 0 Å². The van der Waals surface area contributed by atoms with Crippen LogP contribution in [0.2, 0.25) is 0 Å². The van der Waals surface area contributed by atoms with Crippen molar-refractivity contribution in [3.05, 3.63) is 17.7 Å². The number of benzene rings is 1. The molecule has 5 nitrogen and oxygen atoms in total. The molecule has 0 fully saturated rings. The van der Waals surface area contributed by atoms with Gasteiger partial charge in [-0.05, 0) is 26.3 Å². The molecule has 0 unspecified atom stereocenters. The Morgan fingerprint density at radius 3 is 2.58 bits per heavy atom. The monoisotopic (exact) mass is 264 g/mol. The van der Waals surface area contributed by atoms with Crippen molar-refractivity contribution in [2.45, 2.75) is 33.2 Å². The van der Waals surface area contributed by atoms with E-state index in [0.29, 0.717) is 29.3 Å². The van der Waals surface area contributed by atoms with Crippen LogP contribution in [0.4, 0.5) is 5.69 Å². The number of hydrogen-bond acceptors (Lipinski definition) is 4. The van der Waals surface area contributed by atoms with Crippen LogP contribution in [0.3, 0.4) is 0 Å². The molecular weight excluding hydrogens is 244 g/mol. The van der Waals surface area contributed by atoms with Gasteiger partial charge in [0.25, 0.3) is 5.91 Å². The van der Waals surface area contributed by atoms with Gasteiger partial charge in [-0.3, -0.25) is 4.79 Å². The van der Waals surface area contributed by atoms with Crippen LogP contribution in [-0.4, -0.2) is 30.2 Å². The summed E-state index contributed by atoms with van der Waals surface area (Å²) in [6.45, 7) is 6.93. The van der Waals surface area contributed by atoms with E-state index in [1.165, 1.54) is 0 Å². The summed E-state index contributed by atoms with van der Waals surface area (Å²) in [7, 11) is 0. The first-order valence-corrected chi connectivity index (χ1v) is 6.54. The fourth-order valence-electron chi connectivity index (χ4n) is 2.13. The van der Waals surface area contributed by atoms with E-state index in [0.717, 1.165) is 6.42 Å². The highest BCUT2D eigenvalue weighted by molar-refractivity contribution is 6.00. The molecule has 1 aromatic rings. The van der Waals surface area contributed by atoms with E-state index in [1.807, 2.05) is 25.7 Å². The van der Waals surface area contributed by atoms with Crippen molar-refractivity contribution in [3.63, 3.8) is 0 Å². The zero-order valence-electron chi connectivity index (χ0n) is 11.6. The average Bonchev–Trinajstić information content (AvgIpc) is 2.80. The van der Waals surface area contributed by atoms with Crippen molar-refractivity contribution in [1.82, 2.24) is 4.90 Å². The Morgan fingerprint density at radius 1 is 1.37 bits per heavy atom. The minimum absolute atomic E-state index is 0.0624. The summed E-state index contributed by atoms with van der Waals surface area (Å²) >= 11 is 0. The van der Waals surface area contributed by atoms with Gasteiger partial charge in [0.1, 0.15) is 0 Å². The zero-order valence-corrected chi connectivity index (χ0v) is 11.6. The molecule has 1 aliphatic rings. The maximum absolute atomic E-state index is 12.5. The first-order chi connectivity index (χ1) is 9.04. The van der Waals surface area contributed by atoms with E-state index >= 15 is 0 Å². The van der Waals surface area contributed by atoms with Crippen LogP contribution in [0.25, 0.3) is 0 Å². The van der Waals surface area contributed by atoms with Crippen molar-refractivity contribution < 1.29 is 14.3 Å². The topological polar surface area (TPSA) is 64.8 Å². The molecule has 0 aromatic heterocycles. The minimum Gasteiger partial charge on any atom is -0.454 e. The number of nitrogens with two attached hydrogens (primary N) is 1. The molecule has 1 aliphatic heterocycles. The fourth-order valence-corrected chi connectivity index (χ4v) is 2.13. The molecule has 0 radical (unpaired) electrons. The predicted octanol–water partition coefficient (Wildman–Crippen LogP) is 2.26. The summed E-state index contributed by atoms with van der Waals surface area (Å²) in [5.41, 5.74) is 6.85. The molecule has 0 spiro atoms. The first kappa shape index (κ1) is 13.5. The summed E-state index contributed by atoms with van der Waals surface area (Å²) in [6.07, 6.45) is 0.911. The van der Waals surface area contributed by atoms with Crippen LogP contribution in [0.15, 0.2) is 12.1 Å². The highest BCUT2D eigenvalue weighted by Gasteiger charge is 2.24. The summed E-state index contributed by atoms with van der Waals surface area (Å²) in [6, 6.07) is 3.46. The zero-order chi connectivity index (χ0) is 14.0. The Bertz CT molecular complexity index is 486. The lowest BCUT2D eigenvalue weighted by Crippen LogP contribution is -2.37. The smallest absolute Gasteiger partial charge is 0.256 e. The van der Waals surface area contributed by atoms with Gasteiger partial charge in [0.05, 0.1) is 5.56 Å². The molecule has 0 aliphatic carbocycles. The number of hydrogen-bond donors (Lipinski definition) is 1. The average molecular weight is 264 g/mol. The van der Waals surface area contributed by atoms with Gasteiger partial charge in [-0.25, -0.2) is 0 Å². The third kappa shape index (κ3) is 2.59. The normalized spacial score (nSPS) is 12.8. The van der Waals surface area contributed by atoms with E-state index < -0.39 is 0 Å². The van der Waals surface area contributed by atoms with Crippen LogP contribution in [-0.2, 0) is 0 Å². The number of rotatable bonds is 4. The summed E-state index contributed by atoms with van der Waals surface area (Å²) in [4.78, 5) is 14.4. The fraction of sp³-hybridized carbons (Fsp3) is 0.500. The highest BCUT2D eigenvalue weighted by Crippen LogP contribution is 2.36. The van der Waals surface area contributed by atoms with E-state index in [2.05, 4.69) is 0 Å². The van der Waals surface area contributed by atoms with Crippen molar-refractivity contribution in [1.29, 1.82) is 0 Å². The molecule has 0 bridgehead atoms. The van der Waals surface area contributed by atoms with Crippen LogP contribution in [0, 0.1) is 0 Å². The van der Waals surface area contributed by atoms with Gasteiger partial charge in [-0.1, -0.05) is 6.92 Å². The number of nitrogen functional groups attached to an aromatic ring is 1. The van der Waals surface area contributed by atoms with Crippen molar-refractivity contribution in [3.8, 4) is 11.5 Å². The number of carbonyl (C=O) groups excluding carboxylic acids is 1. The SMILES string of the molecule is CCCN(C(=O)c1cc2c(cc1N)OCO2)C(C)C. The predicted molar refractivity (Wildman–Crippen MR) is 73.4 cm³/mol. The van der Waals surface area contributed by atoms with E-state index in [9.17, 15) is 4.79 Å². The Morgan fingerprint density at radius 2 is 2.00 bits per heavy atom. The van der Waals surface area contributed by atoms with Gasteiger partial charge in [0.15, 0.2) is 11.5 Å². The van der Waals surface area contributed by atoms with Crippen molar-refractivity contribution in [2.24, 2.45) is 0 Å². The molecule has 0 saturated carbocycles. The minimum atomic E-state index is -0.0624. The standard InChI is InChI=1S/C14H20N2O3/c1-4-5-16(9(2)3)14(17)10-6-12-13(7-11(10)15)19-8-18-12/h6-7,9H,4-5,8,15H2,1-3H3. The van der Waals surface area contributed by atoms with E-state index in [4.69, 9.17) is 15.2 Å². The lowest BCUT2D eigenvalue weighted by atomic mass is 10.1. The molecular formula is C14H20N2O3. The molecule has 2 N–H and O–H groups in total. The molecule has 2 rings (SSSR count). The number of carbonyl (C=O) groups is 1. The molecule has 0 atom stereocenters. The largest absolute Gasteiger partial charge is 0.454 e. The van der Waals surface area contributed by atoms with E-state index in [-0.39, 0.29) is 18.7 Å². The van der Waals surface area contributed by atoms with Gasteiger partial charge >= 0.3 is 0 Å². The van der Waals surface area contributed by atoms with Crippen LogP contribution in [0.1, 0.15) is 37.6 Å². The Labute approximate surface area is 113 Å². The van der Waals surface area contributed by atoms with Crippen molar-refractivity contribution in [2.75, 3.05) is 19.1 Å². The second kappa shape index (κ2) is 5.38. The van der Waals surface area contributed by atoms with Crippen LogP contribution in [0.5, 0.6) is 11.5 Å². The van der Waals surface area contributed by atoms with Crippen LogP contribution >= 0.6 is 0 Å². The third-order valence-corrected chi connectivity index (χ3v) is 3.12. The number of amides is 1. The summed E-state index contributed by atoms with van der Waals surface area (Å²) < 4.78 is 10.5. The third-order valence-electron chi connectivity index (χ3n) is 3.12. The lowest BCUT2D eigenvalue weighted by Gasteiger charge is -2.27. The summed E-state index contributed by atoms with van der Waals surface area (Å²) in [5.74, 6) is 1.12. The Kier molecular flexibility index (Phi) is 3.83. The summed E-state index contributed by atoms with van der Waals surface area (Å²) in [5, 5.41) is 0. The van der Waals surface area contributed by atoms with Gasteiger partial charge in [0, 0.05) is 24.3 Å². The van der Waals surface area contributed by atoms with E-state index in [1.54, 1.807) is 12.1 Å². The second-order valence-corrected chi connectivity index (χ2v) is 4.89. The van der Waals surface area contributed by atoms with Gasteiger partial charge < -0.3 is 20.1 Å². The molecule has 1 aromatic carbocycles. The molecule has 5 heteroatoms. The number of anilines is 1. The number of ether oxygens (including phenoxy) is 2. The maximum Gasteiger partial charge on any atom is 0.256 e. The van der Waals surface area contributed by atoms with Crippen LogP contribution < -0.4 is 15.2 Å². The molecule has 19 heavy (non-hydrogen) atoms. The highest BCUT2D eigenvalue weighted by atomic mass is 16.7. The second-order valence-electron chi connectivity index (χ2n) is 4.89. The Balaban J connectivity index is 2.32. The number of nitrogens with zero attached hydrogens (tertiary/aromatic N) is 1. The van der Waals surface area contributed by atoms with Gasteiger partial charge in [-0.2, -0.15) is 0 Å². The number of fused-ring (bicyclic) bond motifs is 1.